The molecule has 0 spiro atoms. The van der Waals surface area contributed by atoms with Gasteiger partial charge in [-0.25, -0.2) is 0 Å². The molecule has 0 aromatic rings. The fourth-order valence-corrected chi connectivity index (χ4v) is 3.36. The van der Waals surface area contributed by atoms with Gasteiger partial charge in [0.05, 0.1) is 11.8 Å². The molecule has 2 amide bonds. The molecule has 2 aliphatic rings. The Morgan fingerprint density at radius 3 is 2.33 bits per heavy atom. The van der Waals surface area contributed by atoms with Gasteiger partial charge in [0.1, 0.15) is 0 Å². The van der Waals surface area contributed by atoms with Crippen LogP contribution in [0.1, 0.15) is 19.3 Å². The second kappa shape index (κ2) is 6.38. The molecule has 1 N–H and O–H groups in total. The van der Waals surface area contributed by atoms with Crippen LogP contribution >= 0.6 is 11.8 Å². The van der Waals surface area contributed by atoms with Crippen LogP contribution in [0.15, 0.2) is 12.2 Å². The van der Waals surface area contributed by atoms with E-state index in [9.17, 15) is 9.59 Å². The number of aliphatic hydroxyl groups excluding tert-OH is 1. The van der Waals surface area contributed by atoms with E-state index in [1.807, 2.05) is 12.2 Å². The van der Waals surface area contributed by atoms with E-state index in [1.54, 1.807) is 11.8 Å². The number of fused-ring (bicyclic) bond motifs is 1. The van der Waals surface area contributed by atoms with E-state index < -0.39 is 0 Å². The minimum atomic E-state index is -0.107. The van der Waals surface area contributed by atoms with Crippen LogP contribution in [0.4, 0.5) is 0 Å². The van der Waals surface area contributed by atoms with Crippen LogP contribution in [0.3, 0.4) is 0 Å². The Balaban J connectivity index is 1.83. The molecule has 18 heavy (non-hydrogen) atoms. The van der Waals surface area contributed by atoms with Gasteiger partial charge in [-0.1, -0.05) is 12.2 Å². The van der Waals surface area contributed by atoms with Crippen LogP contribution in [-0.2, 0) is 9.59 Å². The molecule has 2 rings (SSSR count). The zero-order chi connectivity index (χ0) is 13.0. The van der Waals surface area contributed by atoms with Crippen molar-refractivity contribution in [2.24, 2.45) is 11.8 Å². The summed E-state index contributed by atoms with van der Waals surface area (Å²) in [4.78, 5) is 25.6. The van der Waals surface area contributed by atoms with Crippen molar-refractivity contribution in [1.82, 2.24) is 4.90 Å². The van der Waals surface area contributed by atoms with Crippen LogP contribution in [0.5, 0.6) is 0 Å². The van der Waals surface area contributed by atoms with E-state index >= 15 is 0 Å². The molecule has 0 bridgehead atoms. The van der Waals surface area contributed by atoms with Gasteiger partial charge in [0.2, 0.25) is 11.8 Å². The molecule has 1 aliphatic heterocycles. The quantitative estimate of drug-likeness (QED) is 0.445. The molecule has 0 aromatic heterocycles. The summed E-state index contributed by atoms with van der Waals surface area (Å²) in [5.41, 5.74) is 0. The minimum absolute atomic E-state index is 0.0112. The Bertz CT molecular complexity index is 330. The second-order valence-electron chi connectivity index (χ2n) is 4.67. The van der Waals surface area contributed by atoms with Crippen molar-refractivity contribution in [3.63, 3.8) is 0 Å². The molecular weight excluding hydrogens is 250 g/mol. The zero-order valence-electron chi connectivity index (χ0n) is 10.4. The standard InChI is InChI=1S/C13H19NO3S/c15-7-3-8-18-9-6-14-12(16)10-4-1-2-5-11(10)13(14)17/h1-2,10-11,15H,3-9H2. The van der Waals surface area contributed by atoms with Gasteiger partial charge in [-0.2, -0.15) is 11.8 Å². The molecule has 0 saturated carbocycles. The average Bonchev–Trinajstić information content (AvgIpc) is 2.64. The van der Waals surface area contributed by atoms with Gasteiger partial charge in [-0.15, -0.1) is 0 Å². The summed E-state index contributed by atoms with van der Waals surface area (Å²) in [5, 5.41) is 8.66. The summed E-state index contributed by atoms with van der Waals surface area (Å²) in [6, 6.07) is 0. The van der Waals surface area contributed by atoms with E-state index in [2.05, 4.69) is 0 Å². The lowest BCUT2D eigenvalue weighted by atomic mass is 9.85. The summed E-state index contributed by atoms with van der Waals surface area (Å²) in [6.45, 7) is 0.713. The summed E-state index contributed by atoms with van der Waals surface area (Å²) in [6.07, 6.45) is 6.20. The predicted molar refractivity (Wildman–Crippen MR) is 71.1 cm³/mol. The van der Waals surface area contributed by atoms with Gasteiger partial charge in [0, 0.05) is 18.9 Å². The highest BCUT2D eigenvalue weighted by atomic mass is 32.2. The lowest BCUT2D eigenvalue weighted by Crippen LogP contribution is -2.33. The van der Waals surface area contributed by atoms with Crippen molar-refractivity contribution in [2.75, 3.05) is 24.7 Å². The van der Waals surface area contributed by atoms with E-state index in [0.29, 0.717) is 19.4 Å². The molecule has 1 heterocycles. The molecule has 5 heteroatoms. The molecule has 1 aliphatic carbocycles. The average molecular weight is 269 g/mol. The first-order chi connectivity index (χ1) is 8.75. The number of nitrogens with zero attached hydrogens (tertiary/aromatic N) is 1. The molecular formula is C13H19NO3S. The number of rotatable bonds is 6. The fourth-order valence-electron chi connectivity index (χ4n) is 2.51. The lowest BCUT2D eigenvalue weighted by Gasteiger charge is -2.14. The predicted octanol–water partition coefficient (Wildman–Crippen LogP) is 1.05. The molecule has 0 aromatic carbocycles. The third kappa shape index (κ3) is 2.78. The topological polar surface area (TPSA) is 57.6 Å². The smallest absolute Gasteiger partial charge is 0.233 e. The number of imide groups is 1. The molecule has 1 saturated heterocycles. The number of allylic oxidation sites excluding steroid dienone is 2. The monoisotopic (exact) mass is 269 g/mol. The van der Waals surface area contributed by atoms with Crippen LogP contribution in [0.25, 0.3) is 0 Å². The van der Waals surface area contributed by atoms with Crippen LogP contribution in [0.2, 0.25) is 0 Å². The van der Waals surface area contributed by atoms with Crippen molar-refractivity contribution < 1.29 is 14.7 Å². The van der Waals surface area contributed by atoms with Crippen LogP contribution in [0, 0.1) is 11.8 Å². The third-order valence-electron chi connectivity index (χ3n) is 3.50. The number of hydrogen-bond acceptors (Lipinski definition) is 4. The van der Waals surface area contributed by atoms with Crippen molar-refractivity contribution in [1.29, 1.82) is 0 Å². The van der Waals surface area contributed by atoms with E-state index in [4.69, 9.17) is 5.11 Å². The van der Waals surface area contributed by atoms with E-state index in [-0.39, 0.29) is 30.3 Å². The van der Waals surface area contributed by atoms with Gasteiger partial charge < -0.3 is 5.11 Å². The van der Waals surface area contributed by atoms with Gasteiger partial charge in [-0.05, 0) is 25.0 Å². The number of aliphatic hydroxyl groups is 1. The van der Waals surface area contributed by atoms with Gasteiger partial charge in [-0.3, -0.25) is 14.5 Å². The first-order valence-electron chi connectivity index (χ1n) is 6.44. The Morgan fingerprint density at radius 1 is 1.17 bits per heavy atom. The highest BCUT2D eigenvalue weighted by Gasteiger charge is 2.46. The van der Waals surface area contributed by atoms with Crippen molar-refractivity contribution in [2.45, 2.75) is 19.3 Å². The van der Waals surface area contributed by atoms with E-state index in [1.165, 1.54) is 4.90 Å². The zero-order valence-corrected chi connectivity index (χ0v) is 11.2. The highest BCUT2D eigenvalue weighted by Crippen LogP contribution is 2.34. The maximum atomic E-state index is 12.1. The molecule has 1 fully saturated rings. The first kappa shape index (κ1) is 13.6. The maximum absolute atomic E-state index is 12.1. The second-order valence-corrected chi connectivity index (χ2v) is 5.90. The lowest BCUT2D eigenvalue weighted by molar-refractivity contribution is -0.139. The Labute approximate surface area is 111 Å². The van der Waals surface area contributed by atoms with E-state index in [0.717, 1.165) is 17.9 Å². The van der Waals surface area contributed by atoms with Crippen molar-refractivity contribution in [3.8, 4) is 0 Å². The number of likely N-dealkylation sites (tertiary alicyclic amines) is 1. The van der Waals surface area contributed by atoms with Gasteiger partial charge >= 0.3 is 0 Å². The number of hydrogen-bond donors (Lipinski definition) is 1. The number of carbonyl (C=O) groups excluding carboxylic acids is 2. The normalized spacial score (nSPS) is 26.8. The van der Waals surface area contributed by atoms with Crippen LogP contribution in [-0.4, -0.2) is 46.5 Å². The van der Waals surface area contributed by atoms with Crippen molar-refractivity contribution >= 4 is 23.6 Å². The summed E-state index contributed by atoms with van der Waals surface area (Å²) < 4.78 is 0. The fraction of sp³-hybridized carbons (Fsp3) is 0.692. The molecule has 2 atom stereocenters. The highest BCUT2D eigenvalue weighted by molar-refractivity contribution is 7.99. The van der Waals surface area contributed by atoms with Crippen molar-refractivity contribution in [3.05, 3.63) is 12.2 Å². The molecule has 4 nitrogen and oxygen atoms in total. The SMILES string of the molecule is O=C1C2CC=CCC2C(=O)N1CCSCCCO. The molecule has 2 unspecified atom stereocenters. The Hall–Kier alpha value is -0.810. The van der Waals surface area contributed by atoms with Crippen LogP contribution < -0.4 is 0 Å². The largest absolute Gasteiger partial charge is 0.396 e. The maximum Gasteiger partial charge on any atom is 0.233 e. The Morgan fingerprint density at radius 2 is 1.78 bits per heavy atom. The Kier molecular flexibility index (Phi) is 4.83. The van der Waals surface area contributed by atoms with Gasteiger partial charge in [0.25, 0.3) is 0 Å². The molecule has 0 radical (unpaired) electrons. The van der Waals surface area contributed by atoms with Gasteiger partial charge in [0.15, 0.2) is 0 Å². The number of carbonyl (C=O) groups is 2. The number of amides is 2. The summed E-state index contributed by atoms with van der Waals surface area (Å²) in [7, 11) is 0. The molecule has 100 valence electrons. The summed E-state index contributed by atoms with van der Waals surface area (Å²) >= 11 is 1.68. The summed E-state index contributed by atoms with van der Waals surface area (Å²) in [5.74, 6) is 1.45. The first-order valence-corrected chi connectivity index (χ1v) is 7.60. The minimum Gasteiger partial charge on any atom is -0.396 e. The number of thioether (sulfide) groups is 1. The third-order valence-corrected chi connectivity index (χ3v) is 4.55.